The van der Waals surface area contributed by atoms with Gasteiger partial charge in [0.1, 0.15) is 23.0 Å². The number of hydrogen-bond acceptors (Lipinski definition) is 3. The zero-order valence-corrected chi connectivity index (χ0v) is 8.48. The summed E-state index contributed by atoms with van der Waals surface area (Å²) in [5, 5.41) is 6.37. The summed E-state index contributed by atoms with van der Waals surface area (Å²) in [5.74, 6) is -0.933. The standard InChI is InChI=1S/C11H6F2N4/c12-6-1-2-8(13)7(3-6)11-16-9-4-14-15-5-10(9)17-11/h1-5,14H. The number of benzene rings is 1. The van der Waals surface area contributed by atoms with Crippen LogP contribution in [0.1, 0.15) is 0 Å². The molecule has 1 N–H and O–H groups in total. The summed E-state index contributed by atoms with van der Waals surface area (Å²) in [7, 11) is 0. The maximum absolute atomic E-state index is 13.5. The van der Waals surface area contributed by atoms with E-state index in [0.29, 0.717) is 11.4 Å². The first-order valence-corrected chi connectivity index (χ1v) is 4.86. The molecule has 17 heavy (non-hydrogen) atoms. The lowest BCUT2D eigenvalue weighted by Crippen LogP contribution is -1.87. The molecule has 2 aliphatic rings. The van der Waals surface area contributed by atoms with E-state index in [9.17, 15) is 8.78 Å². The Labute approximate surface area is 94.7 Å². The molecule has 4 nitrogen and oxygen atoms in total. The minimum absolute atomic E-state index is 0.0428. The van der Waals surface area contributed by atoms with E-state index in [1.54, 1.807) is 6.20 Å². The van der Waals surface area contributed by atoms with Crippen LogP contribution < -0.4 is 0 Å². The summed E-state index contributed by atoms with van der Waals surface area (Å²) in [5.41, 5.74) is 1.13. The maximum atomic E-state index is 13.5. The van der Waals surface area contributed by atoms with Crippen molar-refractivity contribution in [3.8, 4) is 22.8 Å². The number of H-pyrrole nitrogens is 1. The molecule has 0 aromatic heterocycles. The Morgan fingerprint density at radius 3 is 2.71 bits per heavy atom. The number of fused-ring (bicyclic) bond motifs is 1. The zero-order chi connectivity index (χ0) is 11.8. The Morgan fingerprint density at radius 2 is 1.88 bits per heavy atom. The average Bonchev–Trinajstić information content (AvgIpc) is 2.75. The number of halogens is 2. The molecular formula is C11H6F2N4. The molecule has 0 atom stereocenters. The van der Waals surface area contributed by atoms with Crippen LogP contribution >= 0.6 is 0 Å². The third-order valence-corrected chi connectivity index (χ3v) is 2.35. The van der Waals surface area contributed by atoms with E-state index in [-0.39, 0.29) is 11.4 Å². The highest BCUT2D eigenvalue weighted by Gasteiger charge is 2.15. The Balaban J connectivity index is 2.21. The third-order valence-electron chi connectivity index (χ3n) is 2.35. The number of nitrogens with zero attached hydrogens (tertiary/aromatic N) is 3. The predicted molar refractivity (Wildman–Crippen MR) is 56.2 cm³/mol. The molecule has 0 saturated heterocycles. The SMILES string of the molecule is Fc1ccc(F)c(-c2nc3cn[nH]cc-3n2)c1. The number of hydrogen-bond donors (Lipinski definition) is 1. The van der Waals surface area contributed by atoms with Gasteiger partial charge in [-0.05, 0) is 18.2 Å². The molecule has 0 amide bonds. The van der Waals surface area contributed by atoms with E-state index in [0.717, 1.165) is 18.2 Å². The fourth-order valence-corrected chi connectivity index (χ4v) is 1.56. The number of aromatic amines is 1. The minimum Gasteiger partial charge on any atom is -0.283 e. The summed E-state index contributed by atoms with van der Waals surface area (Å²) >= 11 is 0. The highest BCUT2D eigenvalue weighted by Crippen LogP contribution is 2.25. The first-order valence-electron chi connectivity index (χ1n) is 4.86. The van der Waals surface area contributed by atoms with Gasteiger partial charge in [0.25, 0.3) is 0 Å². The van der Waals surface area contributed by atoms with Gasteiger partial charge >= 0.3 is 0 Å². The van der Waals surface area contributed by atoms with Crippen LogP contribution in [0.3, 0.4) is 0 Å². The molecule has 3 rings (SSSR count). The molecule has 1 aromatic rings. The number of rotatable bonds is 1. The van der Waals surface area contributed by atoms with Gasteiger partial charge in [-0.15, -0.1) is 0 Å². The second-order valence-corrected chi connectivity index (χ2v) is 3.47. The van der Waals surface area contributed by atoms with Gasteiger partial charge in [0.2, 0.25) is 0 Å². The van der Waals surface area contributed by atoms with Crippen molar-refractivity contribution >= 4 is 0 Å². The van der Waals surface area contributed by atoms with Crippen molar-refractivity contribution in [3.63, 3.8) is 0 Å². The lowest BCUT2D eigenvalue weighted by atomic mass is 10.2. The Kier molecular flexibility index (Phi) is 2.07. The fraction of sp³-hybridized carbons (Fsp3) is 0. The monoisotopic (exact) mass is 232 g/mol. The molecule has 0 saturated carbocycles. The summed E-state index contributed by atoms with van der Waals surface area (Å²) in [6.07, 6.45) is 3.02. The molecule has 0 fully saturated rings. The van der Waals surface area contributed by atoms with Crippen molar-refractivity contribution < 1.29 is 8.78 Å². The van der Waals surface area contributed by atoms with Crippen LogP contribution in [0.25, 0.3) is 22.8 Å². The topological polar surface area (TPSA) is 54.5 Å². The molecule has 0 radical (unpaired) electrons. The number of nitrogens with one attached hydrogen (secondary N) is 1. The van der Waals surface area contributed by atoms with Gasteiger partial charge in [0, 0.05) is 6.20 Å². The van der Waals surface area contributed by atoms with Crippen LogP contribution in [0.15, 0.2) is 30.6 Å². The minimum atomic E-state index is -0.557. The highest BCUT2D eigenvalue weighted by molar-refractivity contribution is 5.65. The largest absolute Gasteiger partial charge is 0.283 e. The second kappa shape index (κ2) is 3.58. The van der Waals surface area contributed by atoms with Gasteiger partial charge < -0.3 is 0 Å². The molecule has 84 valence electrons. The van der Waals surface area contributed by atoms with Crippen molar-refractivity contribution in [1.29, 1.82) is 0 Å². The molecule has 0 spiro atoms. The van der Waals surface area contributed by atoms with Gasteiger partial charge in [0.15, 0.2) is 5.82 Å². The smallest absolute Gasteiger partial charge is 0.163 e. The lowest BCUT2D eigenvalue weighted by Gasteiger charge is -1.97. The van der Waals surface area contributed by atoms with Gasteiger partial charge in [-0.25, -0.2) is 18.7 Å². The van der Waals surface area contributed by atoms with E-state index in [1.807, 2.05) is 0 Å². The quantitative estimate of drug-likeness (QED) is 0.700. The van der Waals surface area contributed by atoms with Crippen LogP contribution in [0.4, 0.5) is 8.78 Å². The van der Waals surface area contributed by atoms with Crippen molar-refractivity contribution in [2.45, 2.75) is 0 Å². The maximum Gasteiger partial charge on any atom is 0.163 e. The summed E-state index contributed by atoms with van der Waals surface area (Å²) in [6, 6.07) is 3.17. The first-order chi connectivity index (χ1) is 8.24. The number of imidazole rings is 1. The van der Waals surface area contributed by atoms with Gasteiger partial charge in [-0.2, -0.15) is 5.10 Å². The lowest BCUT2D eigenvalue weighted by molar-refractivity contribution is 0.602. The van der Waals surface area contributed by atoms with Crippen molar-refractivity contribution in [3.05, 3.63) is 42.2 Å². The normalized spacial score (nSPS) is 10.9. The van der Waals surface area contributed by atoms with E-state index < -0.39 is 11.6 Å². The van der Waals surface area contributed by atoms with E-state index in [4.69, 9.17) is 0 Å². The van der Waals surface area contributed by atoms with Crippen molar-refractivity contribution in [2.75, 3.05) is 0 Å². The Morgan fingerprint density at radius 1 is 1.06 bits per heavy atom. The van der Waals surface area contributed by atoms with Gasteiger partial charge in [0.05, 0.1) is 11.8 Å². The van der Waals surface area contributed by atoms with E-state index in [2.05, 4.69) is 20.2 Å². The first kappa shape index (κ1) is 9.83. The molecule has 6 heteroatoms. The molecule has 1 aromatic carbocycles. The van der Waals surface area contributed by atoms with Gasteiger partial charge in [-0.3, -0.25) is 5.10 Å². The molecular weight excluding hydrogens is 226 g/mol. The van der Waals surface area contributed by atoms with Crippen LogP contribution in [-0.4, -0.2) is 20.2 Å². The van der Waals surface area contributed by atoms with E-state index >= 15 is 0 Å². The Bertz CT molecular complexity index is 620. The van der Waals surface area contributed by atoms with E-state index in [1.165, 1.54) is 6.20 Å². The molecule has 0 bridgehead atoms. The predicted octanol–water partition coefficient (Wildman–Crippen LogP) is 2.25. The van der Waals surface area contributed by atoms with Crippen LogP contribution in [0.5, 0.6) is 0 Å². The molecule has 2 aliphatic heterocycles. The second-order valence-electron chi connectivity index (χ2n) is 3.47. The highest BCUT2D eigenvalue weighted by atomic mass is 19.1. The molecule has 0 unspecified atom stereocenters. The number of aromatic nitrogens is 4. The average molecular weight is 232 g/mol. The molecule has 0 aliphatic carbocycles. The third kappa shape index (κ3) is 1.63. The summed E-state index contributed by atoms with van der Waals surface area (Å²) in [4.78, 5) is 8.18. The Hall–Kier alpha value is -2.37. The van der Waals surface area contributed by atoms with Crippen LogP contribution in [-0.2, 0) is 0 Å². The van der Waals surface area contributed by atoms with Crippen LogP contribution in [0.2, 0.25) is 0 Å². The molecule has 2 heterocycles. The van der Waals surface area contributed by atoms with Gasteiger partial charge in [-0.1, -0.05) is 0 Å². The summed E-state index contributed by atoms with van der Waals surface area (Å²) in [6.45, 7) is 0. The zero-order valence-electron chi connectivity index (χ0n) is 8.48. The fourth-order valence-electron chi connectivity index (χ4n) is 1.56. The van der Waals surface area contributed by atoms with Crippen LogP contribution in [0, 0.1) is 11.6 Å². The van der Waals surface area contributed by atoms with Crippen molar-refractivity contribution in [1.82, 2.24) is 20.2 Å². The summed E-state index contributed by atoms with van der Waals surface area (Å²) < 4.78 is 26.6. The van der Waals surface area contributed by atoms with Crippen molar-refractivity contribution in [2.24, 2.45) is 0 Å².